The van der Waals surface area contributed by atoms with E-state index in [1.807, 2.05) is 32.9 Å². The van der Waals surface area contributed by atoms with Gasteiger partial charge in [-0.2, -0.15) is 0 Å². The fourth-order valence-electron chi connectivity index (χ4n) is 1.93. The Morgan fingerprint density at radius 3 is 2.39 bits per heavy atom. The first-order valence-corrected chi connectivity index (χ1v) is 8.48. The van der Waals surface area contributed by atoms with Gasteiger partial charge in [-0.25, -0.2) is 4.79 Å². The van der Waals surface area contributed by atoms with Gasteiger partial charge in [0.25, 0.3) is 0 Å². The summed E-state index contributed by atoms with van der Waals surface area (Å²) in [5.74, 6) is 0.281. The fourth-order valence-corrected chi connectivity index (χ4v) is 2.25. The average Bonchev–Trinajstić information content (AvgIpc) is 2.39. The quantitative estimate of drug-likeness (QED) is 0.777. The number of hydrogen-bond acceptors (Lipinski definition) is 3. The van der Waals surface area contributed by atoms with Crippen LogP contribution in [0.3, 0.4) is 0 Å². The van der Waals surface area contributed by atoms with Crippen molar-refractivity contribution in [1.82, 2.24) is 10.6 Å². The van der Waals surface area contributed by atoms with Gasteiger partial charge in [0.05, 0.1) is 10.0 Å². The Morgan fingerprint density at radius 2 is 1.87 bits per heavy atom. The number of alkyl carbamates (subject to hydrolysis) is 1. The molecule has 23 heavy (non-hydrogen) atoms. The molecule has 1 amide bonds. The Balaban J connectivity index is 2.50. The number of halogens is 2. The number of ether oxygens (including phenoxy) is 1. The van der Waals surface area contributed by atoms with Crippen molar-refractivity contribution in [2.24, 2.45) is 5.92 Å². The molecule has 0 aromatic heterocycles. The summed E-state index contributed by atoms with van der Waals surface area (Å²) < 4.78 is 5.30. The smallest absolute Gasteiger partial charge is 0.407 e. The van der Waals surface area contributed by atoms with Crippen LogP contribution >= 0.6 is 23.2 Å². The van der Waals surface area contributed by atoms with Gasteiger partial charge in [0, 0.05) is 19.1 Å². The lowest BCUT2D eigenvalue weighted by Gasteiger charge is -2.26. The van der Waals surface area contributed by atoms with Crippen LogP contribution < -0.4 is 10.6 Å². The lowest BCUT2D eigenvalue weighted by atomic mass is 10.0. The average molecular weight is 361 g/mol. The number of carbonyl (C=O) groups is 1. The number of amides is 1. The highest BCUT2D eigenvalue weighted by Gasteiger charge is 2.21. The van der Waals surface area contributed by atoms with Gasteiger partial charge in [-0.3, -0.25) is 0 Å². The first-order chi connectivity index (χ1) is 10.6. The molecule has 0 bridgehead atoms. The summed E-state index contributed by atoms with van der Waals surface area (Å²) >= 11 is 11.9. The molecule has 0 fully saturated rings. The van der Waals surface area contributed by atoms with Gasteiger partial charge in [0.2, 0.25) is 0 Å². The Morgan fingerprint density at radius 1 is 1.22 bits per heavy atom. The Bertz CT molecular complexity index is 528. The molecule has 1 atom stereocenters. The highest BCUT2D eigenvalue weighted by Crippen LogP contribution is 2.22. The van der Waals surface area contributed by atoms with Gasteiger partial charge >= 0.3 is 6.09 Å². The Hall–Kier alpha value is -0.970. The highest BCUT2D eigenvalue weighted by atomic mass is 35.5. The molecule has 1 aromatic rings. The van der Waals surface area contributed by atoms with E-state index in [2.05, 4.69) is 24.5 Å². The van der Waals surface area contributed by atoms with Crippen LogP contribution in [0.15, 0.2) is 18.2 Å². The van der Waals surface area contributed by atoms with Crippen molar-refractivity contribution in [3.63, 3.8) is 0 Å². The number of nitrogens with one attached hydrogen (secondary N) is 2. The molecule has 0 saturated heterocycles. The van der Waals surface area contributed by atoms with Crippen molar-refractivity contribution < 1.29 is 9.53 Å². The third-order valence-electron chi connectivity index (χ3n) is 3.18. The maximum Gasteiger partial charge on any atom is 0.407 e. The van der Waals surface area contributed by atoms with E-state index in [0.717, 1.165) is 5.56 Å². The van der Waals surface area contributed by atoms with Crippen molar-refractivity contribution in [2.75, 3.05) is 6.54 Å². The second kappa shape index (κ2) is 8.76. The summed E-state index contributed by atoms with van der Waals surface area (Å²) in [6.07, 6.45) is -0.396. The van der Waals surface area contributed by atoms with E-state index in [0.29, 0.717) is 23.1 Å². The standard InChI is InChI=1S/C17H26Cl2N2O2/c1-11(2)15(21-16(22)23-17(3,4)5)10-20-9-12-6-7-13(18)14(19)8-12/h6-8,11,15,20H,9-10H2,1-5H3,(H,21,22). The predicted octanol–water partition coefficient (Wildman–Crippen LogP) is 4.63. The van der Waals surface area contributed by atoms with E-state index in [4.69, 9.17) is 27.9 Å². The van der Waals surface area contributed by atoms with E-state index in [9.17, 15) is 4.79 Å². The first kappa shape index (κ1) is 20.1. The van der Waals surface area contributed by atoms with Crippen LogP contribution in [0.5, 0.6) is 0 Å². The van der Waals surface area contributed by atoms with E-state index in [1.165, 1.54) is 0 Å². The number of benzene rings is 1. The summed E-state index contributed by atoms with van der Waals surface area (Å²) in [5.41, 5.74) is 0.540. The Labute approximate surface area is 148 Å². The zero-order valence-electron chi connectivity index (χ0n) is 14.4. The number of rotatable bonds is 6. The SMILES string of the molecule is CC(C)C(CNCc1ccc(Cl)c(Cl)c1)NC(=O)OC(C)(C)C. The second-order valence-corrected chi connectivity index (χ2v) is 7.69. The highest BCUT2D eigenvalue weighted by molar-refractivity contribution is 6.42. The molecular weight excluding hydrogens is 335 g/mol. The summed E-state index contributed by atoms with van der Waals surface area (Å²) in [6.45, 7) is 10.9. The molecule has 1 aromatic carbocycles. The van der Waals surface area contributed by atoms with Crippen molar-refractivity contribution in [3.05, 3.63) is 33.8 Å². The predicted molar refractivity (Wildman–Crippen MR) is 96.2 cm³/mol. The van der Waals surface area contributed by atoms with Crippen LogP contribution in [0.25, 0.3) is 0 Å². The van der Waals surface area contributed by atoms with Crippen LogP contribution in [-0.4, -0.2) is 24.3 Å². The van der Waals surface area contributed by atoms with Crippen LogP contribution in [0.2, 0.25) is 10.0 Å². The molecule has 0 aliphatic rings. The molecule has 0 heterocycles. The van der Waals surface area contributed by atoms with Crippen molar-refractivity contribution >= 4 is 29.3 Å². The van der Waals surface area contributed by atoms with Gasteiger partial charge in [0.1, 0.15) is 5.60 Å². The topological polar surface area (TPSA) is 50.4 Å². The molecule has 0 spiro atoms. The molecule has 1 unspecified atom stereocenters. The molecule has 1 rings (SSSR count). The first-order valence-electron chi connectivity index (χ1n) is 7.72. The zero-order valence-corrected chi connectivity index (χ0v) is 15.9. The van der Waals surface area contributed by atoms with Gasteiger partial charge in [0.15, 0.2) is 0 Å². The summed E-state index contributed by atoms with van der Waals surface area (Å²) in [5, 5.41) is 7.32. The van der Waals surface area contributed by atoms with Crippen molar-refractivity contribution in [2.45, 2.75) is 52.8 Å². The minimum Gasteiger partial charge on any atom is -0.444 e. The molecule has 130 valence electrons. The molecule has 6 heteroatoms. The van der Waals surface area contributed by atoms with E-state index < -0.39 is 11.7 Å². The minimum absolute atomic E-state index is 0.0207. The largest absolute Gasteiger partial charge is 0.444 e. The summed E-state index contributed by atoms with van der Waals surface area (Å²) in [4.78, 5) is 11.9. The third-order valence-corrected chi connectivity index (χ3v) is 3.92. The van der Waals surface area contributed by atoms with Gasteiger partial charge in [-0.05, 0) is 44.4 Å². The van der Waals surface area contributed by atoms with Crippen LogP contribution in [0, 0.1) is 5.92 Å². The molecule has 0 aliphatic heterocycles. The molecule has 0 aliphatic carbocycles. The number of hydrogen-bond donors (Lipinski definition) is 2. The van der Waals surface area contributed by atoms with E-state index in [1.54, 1.807) is 6.07 Å². The van der Waals surface area contributed by atoms with E-state index in [-0.39, 0.29) is 12.0 Å². The molecule has 4 nitrogen and oxygen atoms in total. The normalized spacial score (nSPS) is 13.0. The summed E-state index contributed by atoms with van der Waals surface area (Å²) in [7, 11) is 0. The zero-order chi connectivity index (χ0) is 17.6. The van der Waals surface area contributed by atoms with E-state index >= 15 is 0 Å². The van der Waals surface area contributed by atoms with Crippen LogP contribution in [0.4, 0.5) is 4.79 Å². The maximum absolute atomic E-state index is 11.9. The summed E-state index contributed by atoms with van der Waals surface area (Å²) in [6, 6.07) is 5.52. The Kier molecular flexibility index (Phi) is 7.65. The monoisotopic (exact) mass is 360 g/mol. The molecular formula is C17H26Cl2N2O2. The lowest BCUT2D eigenvalue weighted by Crippen LogP contribution is -2.46. The number of carbonyl (C=O) groups excluding carboxylic acids is 1. The fraction of sp³-hybridized carbons (Fsp3) is 0.588. The molecule has 0 saturated carbocycles. The third kappa shape index (κ3) is 7.91. The second-order valence-electron chi connectivity index (χ2n) is 6.88. The van der Waals surface area contributed by atoms with Gasteiger partial charge < -0.3 is 15.4 Å². The van der Waals surface area contributed by atoms with Gasteiger partial charge in [-0.15, -0.1) is 0 Å². The van der Waals surface area contributed by atoms with Gasteiger partial charge in [-0.1, -0.05) is 43.1 Å². The molecule has 0 radical (unpaired) electrons. The van der Waals surface area contributed by atoms with Crippen LogP contribution in [-0.2, 0) is 11.3 Å². The van der Waals surface area contributed by atoms with Crippen molar-refractivity contribution in [3.8, 4) is 0 Å². The minimum atomic E-state index is -0.501. The van der Waals surface area contributed by atoms with Crippen LogP contribution in [0.1, 0.15) is 40.2 Å². The molecule has 2 N–H and O–H groups in total. The maximum atomic E-state index is 11.9. The lowest BCUT2D eigenvalue weighted by molar-refractivity contribution is 0.0490. The van der Waals surface area contributed by atoms with Crippen molar-refractivity contribution in [1.29, 1.82) is 0 Å².